The van der Waals surface area contributed by atoms with E-state index in [9.17, 15) is 8.42 Å². The van der Waals surface area contributed by atoms with E-state index in [4.69, 9.17) is 9.47 Å². The molecule has 2 fully saturated rings. The lowest BCUT2D eigenvalue weighted by Crippen LogP contribution is -2.59. The van der Waals surface area contributed by atoms with Crippen LogP contribution in [0, 0.1) is 5.92 Å². The minimum Gasteiger partial charge on any atom is -0.454 e. The van der Waals surface area contributed by atoms with E-state index in [1.165, 1.54) is 15.4 Å². The molecule has 0 aliphatic carbocycles. The van der Waals surface area contributed by atoms with Crippen LogP contribution in [-0.4, -0.2) is 68.5 Å². The summed E-state index contributed by atoms with van der Waals surface area (Å²) in [5.74, 6) is 2.07. The molecule has 0 radical (unpaired) electrons. The van der Waals surface area contributed by atoms with Gasteiger partial charge in [0.2, 0.25) is 6.79 Å². The molecule has 0 spiro atoms. The highest BCUT2D eigenvalue weighted by atomic mass is 32.2. The Labute approximate surface area is 161 Å². The van der Waals surface area contributed by atoms with Crippen LogP contribution < -0.4 is 9.47 Å². The van der Waals surface area contributed by atoms with Crippen LogP contribution in [0.15, 0.2) is 12.1 Å². The maximum absolute atomic E-state index is 12.9. The number of piperidine rings is 2. The fourth-order valence-electron chi connectivity index (χ4n) is 5.29. The van der Waals surface area contributed by atoms with Crippen LogP contribution in [0.1, 0.15) is 36.4 Å². The van der Waals surface area contributed by atoms with Gasteiger partial charge >= 0.3 is 0 Å². The molecule has 4 heterocycles. The molecule has 0 bridgehead atoms. The SMILES string of the molecule is CN(C)S(=O)(=O)N1CCC[C@@H]2CN3CCc4cc5c(cc4[C@H]3C[C@@H]21)OCO5. The predicted molar refractivity (Wildman–Crippen MR) is 101 cm³/mol. The number of hydrogen-bond acceptors (Lipinski definition) is 5. The van der Waals surface area contributed by atoms with Gasteiger partial charge in [-0.1, -0.05) is 0 Å². The number of nitrogens with zero attached hydrogens (tertiary/aromatic N) is 3. The van der Waals surface area contributed by atoms with Crippen LogP contribution in [0.25, 0.3) is 0 Å². The molecule has 1 aromatic rings. The zero-order chi connectivity index (χ0) is 18.8. The van der Waals surface area contributed by atoms with Crippen molar-refractivity contribution in [3.63, 3.8) is 0 Å². The standard InChI is InChI=1S/C19H27N3O4S/c1-20(2)27(23,24)22-6-3-4-14-11-21-7-5-13-8-18-19(26-12-25-18)9-15(13)17(21)10-16(14)22/h8-9,14,16-17H,3-7,10-12H2,1-2H3/t14-,16+,17-/m1/s1. The largest absolute Gasteiger partial charge is 0.454 e. The van der Waals surface area contributed by atoms with Crippen molar-refractivity contribution in [3.05, 3.63) is 23.3 Å². The summed E-state index contributed by atoms with van der Waals surface area (Å²) in [6.45, 7) is 2.91. The maximum Gasteiger partial charge on any atom is 0.281 e. The van der Waals surface area contributed by atoms with Gasteiger partial charge in [0.25, 0.3) is 10.2 Å². The summed E-state index contributed by atoms with van der Waals surface area (Å²) in [5.41, 5.74) is 2.61. The molecule has 0 aromatic heterocycles. The molecule has 7 nitrogen and oxygen atoms in total. The van der Waals surface area contributed by atoms with Crippen LogP contribution in [0.2, 0.25) is 0 Å². The lowest BCUT2D eigenvalue weighted by Gasteiger charge is -2.52. The van der Waals surface area contributed by atoms with Gasteiger partial charge in [-0.2, -0.15) is 17.0 Å². The van der Waals surface area contributed by atoms with Gasteiger partial charge in [0.1, 0.15) is 0 Å². The Balaban J connectivity index is 1.49. The number of rotatable bonds is 2. The Morgan fingerprint density at radius 1 is 1.15 bits per heavy atom. The number of fused-ring (bicyclic) bond motifs is 5. The summed E-state index contributed by atoms with van der Waals surface area (Å²) >= 11 is 0. The second-order valence-electron chi connectivity index (χ2n) is 8.27. The topological polar surface area (TPSA) is 62.3 Å². The zero-order valence-corrected chi connectivity index (χ0v) is 16.7. The number of ether oxygens (including phenoxy) is 2. The van der Waals surface area contributed by atoms with Crippen molar-refractivity contribution in [1.29, 1.82) is 0 Å². The molecular weight excluding hydrogens is 366 g/mol. The summed E-state index contributed by atoms with van der Waals surface area (Å²) in [4.78, 5) is 2.55. The average molecular weight is 394 g/mol. The van der Waals surface area contributed by atoms with Crippen molar-refractivity contribution in [2.24, 2.45) is 5.92 Å². The normalized spacial score (nSPS) is 30.7. The predicted octanol–water partition coefficient (Wildman–Crippen LogP) is 1.61. The lowest BCUT2D eigenvalue weighted by molar-refractivity contribution is 0.0203. The van der Waals surface area contributed by atoms with Gasteiger partial charge in [-0.05, 0) is 54.9 Å². The van der Waals surface area contributed by atoms with Crippen LogP contribution >= 0.6 is 0 Å². The Kier molecular flexibility index (Phi) is 4.16. The molecule has 148 valence electrons. The molecule has 0 unspecified atom stereocenters. The molecule has 4 aliphatic rings. The molecule has 5 rings (SSSR count). The summed E-state index contributed by atoms with van der Waals surface area (Å²) in [6.07, 6.45) is 3.92. The maximum atomic E-state index is 12.9. The van der Waals surface area contributed by atoms with Crippen molar-refractivity contribution >= 4 is 10.2 Å². The molecule has 3 atom stereocenters. The summed E-state index contributed by atoms with van der Waals surface area (Å²) in [6, 6.07) is 4.57. The quantitative estimate of drug-likeness (QED) is 0.764. The minimum absolute atomic E-state index is 0.0729. The van der Waals surface area contributed by atoms with Crippen molar-refractivity contribution in [1.82, 2.24) is 13.5 Å². The monoisotopic (exact) mass is 393 g/mol. The second kappa shape index (κ2) is 6.34. The molecule has 0 N–H and O–H groups in total. The van der Waals surface area contributed by atoms with Crippen LogP contribution in [0.4, 0.5) is 0 Å². The summed E-state index contributed by atoms with van der Waals surface area (Å²) in [7, 11) is -0.132. The average Bonchev–Trinajstić information content (AvgIpc) is 3.11. The zero-order valence-electron chi connectivity index (χ0n) is 15.9. The third-order valence-electron chi connectivity index (χ3n) is 6.66. The van der Waals surface area contributed by atoms with Crippen LogP contribution in [-0.2, 0) is 16.6 Å². The Morgan fingerprint density at radius 3 is 2.70 bits per heavy atom. The molecule has 8 heteroatoms. The van der Waals surface area contributed by atoms with Crippen molar-refractivity contribution in [2.75, 3.05) is 40.5 Å². The molecule has 0 saturated carbocycles. The van der Waals surface area contributed by atoms with E-state index in [-0.39, 0.29) is 18.9 Å². The van der Waals surface area contributed by atoms with Crippen molar-refractivity contribution in [2.45, 2.75) is 37.8 Å². The first-order chi connectivity index (χ1) is 12.9. The molecule has 1 aromatic carbocycles. The van der Waals surface area contributed by atoms with E-state index in [1.807, 2.05) is 0 Å². The molecule has 4 aliphatic heterocycles. The first kappa shape index (κ1) is 17.7. The highest BCUT2D eigenvalue weighted by Gasteiger charge is 2.46. The first-order valence-corrected chi connectivity index (χ1v) is 11.2. The van der Waals surface area contributed by atoms with Gasteiger partial charge < -0.3 is 9.47 Å². The molecule has 0 amide bonds. The van der Waals surface area contributed by atoms with E-state index in [2.05, 4.69) is 17.0 Å². The second-order valence-corrected chi connectivity index (χ2v) is 10.4. The lowest BCUT2D eigenvalue weighted by atomic mass is 9.77. The summed E-state index contributed by atoms with van der Waals surface area (Å²) in [5, 5.41) is 0. The van der Waals surface area contributed by atoms with E-state index < -0.39 is 10.2 Å². The molecule has 27 heavy (non-hydrogen) atoms. The van der Waals surface area contributed by atoms with Gasteiger partial charge in [-0.15, -0.1) is 0 Å². The smallest absolute Gasteiger partial charge is 0.281 e. The third-order valence-corrected chi connectivity index (χ3v) is 8.63. The minimum atomic E-state index is -3.39. The van der Waals surface area contributed by atoms with Crippen molar-refractivity contribution < 1.29 is 17.9 Å². The first-order valence-electron chi connectivity index (χ1n) is 9.81. The van der Waals surface area contributed by atoms with E-state index in [0.29, 0.717) is 12.5 Å². The Bertz CT molecular complexity index is 857. The van der Waals surface area contributed by atoms with Gasteiger partial charge in [0.05, 0.1) is 0 Å². The Hall–Kier alpha value is -1.35. The third kappa shape index (κ3) is 2.76. The van der Waals surface area contributed by atoms with Gasteiger partial charge in [0.15, 0.2) is 11.5 Å². The van der Waals surface area contributed by atoms with Crippen molar-refractivity contribution in [3.8, 4) is 11.5 Å². The van der Waals surface area contributed by atoms with E-state index >= 15 is 0 Å². The van der Waals surface area contributed by atoms with E-state index in [0.717, 1.165) is 50.3 Å². The highest BCUT2D eigenvalue weighted by Crippen LogP contribution is 2.46. The fraction of sp³-hybridized carbons (Fsp3) is 0.684. The highest BCUT2D eigenvalue weighted by molar-refractivity contribution is 7.86. The number of benzene rings is 1. The number of hydrogen-bond donors (Lipinski definition) is 0. The van der Waals surface area contributed by atoms with Gasteiger partial charge in [0, 0.05) is 45.8 Å². The van der Waals surface area contributed by atoms with Gasteiger partial charge in [-0.3, -0.25) is 4.90 Å². The van der Waals surface area contributed by atoms with Crippen LogP contribution in [0.5, 0.6) is 11.5 Å². The fourth-order valence-corrected chi connectivity index (χ4v) is 6.67. The Morgan fingerprint density at radius 2 is 1.93 bits per heavy atom. The van der Waals surface area contributed by atoms with Gasteiger partial charge in [-0.25, -0.2) is 0 Å². The summed E-state index contributed by atoms with van der Waals surface area (Å²) < 4.78 is 40.1. The van der Waals surface area contributed by atoms with Crippen LogP contribution in [0.3, 0.4) is 0 Å². The van der Waals surface area contributed by atoms with E-state index in [1.54, 1.807) is 18.4 Å². The molecule has 2 saturated heterocycles. The molecular formula is C19H27N3O4S.